The molecule has 0 bridgehead atoms. The number of hydrogen-bond acceptors (Lipinski definition) is 6. The molecule has 0 atom stereocenters. The van der Waals surface area contributed by atoms with Crippen molar-refractivity contribution in [1.82, 2.24) is 0 Å². The standard InChI is InChI=1S/C17H18O6/c1-9-4-12(17(21)15(5-9)23-3)16(20)11-6-10(19)7-14(22-2)13(11)8-18/h4-7,18-19,21H,8H2,1-3H3. The number of aliphatic hydroxyl groups is 1. The highest BCUT2D eigenvalue weighted by Gasteiger charge is 2.23. The van der Waals surface area contributed by atoms with Gasteiger partial charge in [0, 0.05) is 17.2 Å². The molecule has 0 amide bonds. The van der Waals surface area contributed by atoms with E-state index in [4.69, 9.17) is 9.47 Å². The van der Waals surface area contributed by atoms with Crippen molar-refractivity contribution in [2.45, 2.75) is 13.5 Å². The summed E-state index contributed by atoms with van der Waals surface area (Å²) < 4.78 is 10.1. The Balaban J connectivity index is 2.66. The first-order chi connectivity index (χ1) is 10.9. The summed E-state index contributed by atoms with van der Waals surface area (Å²) >= 11 is 0. The second kappa shape index (κ2) is 6.58. The van der Waals surface area contributed by atoms with Gasteiger partial charge in [0.05, 0.1) is 26.4 Å². The predicted octanol–water partition coefficient (Wildman–Crippen LogP) is 2.15. The third-order valence-electron chi connectivity index (χ3n) is 3.50. The van der Waals surface area contributed by atoms with Crippen molar-refractivity contribution in [3.63, 3.8) is 0 Å². The summed E-state index contributed by atoms with van der Waals surface area (Å²) in [5, 5.41) is 29.5. The number of aliphatic hydroxyl groups excluding tert-OH is 1. The highest BCUT2D eigenvalue weighted by Crippen LogP contribution is 2.35. The smallest absolute Gasteiger partial charge is 0.197 e. The van der Waals surface area contributed by atoms with E-state index in [0.29, 0.717) is 0 Å². The van der Waals surface area contributed by atoms with Gasteiger partial charge in [0.2, 0.25) is 0 Å². The van der Waals surface area contributed by atoms with Crippen LogP contribution in [0.1, 0.15) is 27.0 Å². The zero-order valence-electron chi connectivity index (χ0n) is 13.1. The minimum absolute atomic E-state index is 0.0178. The number of phenolic OH excluding ortho intramolecular Hbond substituents is 2. The molecule has 0 unspecified atom stereocenters. The summed E-state index contributed by atoms with van der Waals surface area (Å²) in [7, 11) is 2.76. The van der Waals surface area contributed by atoms with Crippen molar-refractivity contribution in [2.24, 2.45) is 0 Å². The molecule has 0 spiro atoms. The Bertz CT molecular complexity index is 751. The van der Waals surface area contributed by atoms with Crippen molar-refractivity contribution in [3.05, 3.63) is 46.5 Å². The van der Waals surface area contributed by atoms with Crippen LogP contribution in [0.2, 0.25) is 0 Å². The van der Waals surface area contributed by atoms with Crippen LogP contribution in [-0.4, -0.2) is 35.3 Å². The van der Waals surface area contributed by atoms with E-state index in [2.05, 4.69) is 0 Å². The molecule has 0 aliphatic heterocycles. The molecule has 122 valence electrons. The highest BCUT2D eigenvalue weighted by atomic mass is 16.5. The first kappa shape index (κ1) is 16.6. The molecule has 0 radical (unpaired) electrons. The molecule has 6 heteroatoms. The lowest BCUT2D eigenvalue weighted by Gasteiger charge is -2.14. The Morgan fingerprint density at radius 2 is 1.65 bits per heavy atom. The Kier molecular flexibility index (Phi) is 4.76. The van der Waals surface area contributed by atoms with Gasteiger partial charge in [0.25, 0.3) is 0 Å². The van der Waals surface area contributed by atoms with E-state index in [1.807, 2.05) is 0 Å². The van der Waals surface area contributed by atoms with Crippen LogP contribution in [0, 0.1) is 6.92 Å². The first-order valence-corrected chi connectivity index (χ1v) is 6.86. The number of aromatic hydroxyl groups is 2. The Hall–Kier alpha value is -2.73. The minimum atomic E-state index is -0.553. The van der Waals surface area contributed by atoms with Crippen LogP contribution in [0.5, 0.6) is 23.0 Å². The average Bonchev–Trinajstić information content (AvgIpc) is 2.54. The topological polar surface area (TPSA) is 96.2 Å². The summed E-state index contributed by atoms with van der Waals surface area (Å²) in [6.07, 6.45) is 0. The van der Waals surface area contributed by atoms with Crippen molar-refractivity contribution in [3.8, 4) is 23.0 Å². The van der Waals surface area contributed by atoms with Crippen LogP contribution in [0.15, 0.2) is 24.3 Å². The summed E-state index contributed by atoms with van der Waals surface area (Å²) in [6, 6.07) is 5.64. The third-order valence-corrected chi connectivity index (χ3v) is 3.50. The quantitative estimate of drug-likeness (QED) is 0.731. The van der Waals surface area contributed by atoms with Gasteiger partial charge in [0.15, 0.2) is 17.3 Å². The van der Waals surface area contributed by atoms with Crippen LogP contribution >= 0.6 is 0 Å². The first-order valence-electron chi connectivity index (χ1n) is 6.86. The predicted molar refractivity (Wildman–Crippen MR) is 83.4 cm³/mol. The molecule has 23 heavy (non-hydrogen) atoms. The molecule has 6 nitrogen and oxygen atoms in total. The van der Waals surface area contributed by atoms with E-state index in [9.17, 15) is 20.1 Å². The van der Waals surface area contributed by atoms with Crippen LogP contribution in [0.25, 0.3) is 0 Å². The summed E-state index contributed by atoms with van der Waals surface area (Å²) in [5.41, 5.74) is 1.02. The second-order valence-corrected chi connectivity index (χ2v) is 5.02. The van der Waals surface area contributed by atoms with Crippen LogP contribution in [-0.2, 0) is 6.61 Å². The van der Waals surface area contributed by atoms with Crippen LogP contribution in [0.4, 0.5) is 0 Å². The van der Waals surface area contributed by atoms with Crippen molar-refractivity contribution in [1.29, 1.82) is 0 Å². The minimum Gasteiger partial charge on any atom is -0.508 e. The molecule has 2 aromatic rings. The van der Waals surface area contributed by atoms with Gasteiger partial charge in [-0.05, 0) is 30.7 Å². The molecule has 0 saturated carbocycles. The van der Waals surface area contributed by atoms with Gasteiger partial charge in [-0.2, -0.15) is 0 Å². The molecular formula is C17H18O6. The Labute approximate surface area is 133 Å². The lowest BCUT2D eigenvalue weighted by molar-refractivity contribution is 0.103. The number of carbonyl (C=O) groups excluding carboxylic acids is 1. The van der Waals surface area contributed by atoms with E-state index >= 15 is 0 Å². The molecule has 2 rings (SSSR count). The SMILES string of the molecule is COc1cc(C)cc(C(=O)c2cc(O)cc(OC)c2CO)c1O. The number of aryl methyl sites for hydroxylation is 1. The van der Waals surface area contributed by atoms with E-state index in [0.717, 1.165) is 5.56 Å². The van der Waals surface area contributed by atoms with E-state index in [1.54, 1.807) is 13.0 Å². The van der Waals surface area contributed by atoms with Crippen LogP contribution in [0.3, 0.4) is 0 Å². The molecule has 0 aliphatic carbocycles. The number of rotatable bonds is 5. The van der Waals surface area contributed by atoms with Crippen molar-refractivity contribution < 1.29 is 29.6 Å². The molecular weight excluding hydrogens is 300 g/mol. The van der Waals surface area contributed by atoms with Gasteiger partial charge < -0.3 is 24.8 Å². The monoisotopic (exact) mass is 318 g/mol. The summed E-state index contributed by atoms with van der Waals surface area (Å²) in [6.45, 7) is 1.31. The summed E-state index contributed by atoms with van der Waals surface area (Å²) in [5.74, 6) is -0.667. The van der Waals surface area contributed by atoms with Gasteiger partial charge in [0.1, 0.15) is 11.5 Å². The van der Waals surface area contributed by atoms with Gasteiger partial charge in [-0.15, -0.1) is 0 Å². The van der Waals surface area contributed by atoms with Gasteiger partial charge in [-0.3, -0.25) is 4.79 Å². The van der Waals surface area contributed by atoms with E-state index in [1.165, 1.54) is 32.4 Å². The molecule has 0 aliphatic rings. The molecule has 0 aromatic heterocycles. The van der Waals surface area contributed by atoms with Crippen LogP contribution < -0.4 is 9.47 Å². The van der Waals surface area contributed by atoms with Crippen molar-refractivity contribution in [2.75, 3.05) is 14.2 Å². The maximum atomic E-state index is 12.8. The molecule has 0 saturated heterocycles. The number of methoxy groups -OCH3 is 2. The molecule has 2 aromatic carbocycles. The maximum absolute atomic E-state index is 12.8. The average molecular weight is 318 g/mol. The lowest BCUT2D eigenvalue weighted by atomic mass is 9.95. The number of phenols is 2. The second-order valence-electron chi connectivity index (χ2n) is 5.02. The highest BCUT2D eigenvalue weighted by molar-refractivity contribution is 6.12. The molecule has 3 N–H and O–H groups in total. The van der Waals surface area contributed by atoms with Crippen molar-refractivity contribution >= 4 is 5.78 Å². The fourth-order valence-electron chi connectivity index (χ4n) is 2.40. The van der Waals surface area contributed by atoms with E-state index in [-0.39, 0.29) is 39.7 Å². The molecule has 0 heterocycles. The molecule has 0 fully saturated rings. The zero-order valence-corrected chi connectivity index (χ0v) is 13.1. The third kappa shape index (κ3) is 3.07. The number of ether oxygens (including phenoxy) is 2. The number of benzene rings is 2. The fraction of sp³-hybridized carbons (Fsp3) is 0.235. The Morgan fingerprint density at radius 3 is 2.22 bits per heavy atom. The number of hydrogen-bond donors (Lipinski definition) is 3. The van der Waals surface area contributed by atoms with Gasteiger partial charge in [-0.25, -0.2) is 0 Å². The number of carbonyl (C=O) groups is 1. The lowest BCUT2D eigenvalue weighted by Crippen LogP contribution is -2.08. The Morgan fingerprint density at radius 1 is 1.00 bits per heavy atom. The fourth-order valence-corrected chi connectivity index (χ4v) is 2.40. The largest absolute Gasteiger partial charge is 0.508 e. The van der Waals surface area contributed by atoms with E-state index < -0.39 is 12.4 Å². The van der Waals surface area contributed by atoms with Gasteiger partial charge >= 0.3 is 0 Å². The normalized spacial score (nSPS) is 10.4. The maximum Gasteiger partial charge on any atom is 0.197 e. The summed E-state index contributed by atoms with van der Waals surface area (Å²) in [4.78, 5) is 12.8. The zero-order chi connectivity index (χ0) is 17.1. The number of ketones is 1. The van der Waals surface area contributed by atoms with Gasteiger partial charge in [-0.1, -0.05) is 0 Å².